The average molecular weight is 352 g/mol. The molecule has 0 radical (unpaired) electrons. The molecule has 1 N–H and O–H groups in total. The second-order valence-electron chi connectivity index (χ2n) is 6.11. The largest absolute Gasteiger partial charge is 0.450 e. The molecular weight excluding hydrogens is 324 g/mol. The zero-order chi connectivity index (χ0) is 18.4. The van der Waals surface area contributed by atoms with Gasteiger partial charge in [-0.2, -0.15) is 0 Å². The van der Waals surface area contributed by atoms with Crippen molar-refractivity contribution in [2.75, 3.05) is 33.3 Å². The molecule has 0 saturated carbocycles. The SMILES string of the molecule is CCOC(=O)N(C)Cc1cn([C@H]2CN[C@H](C(=O)N(CC)CC)C2)nn1. The van der Waals surface area contributed by atoms with Crippen LogP contribution in [0.5, 0.6) is 0 Å². The molecule has 2 amide bonds. The van der Waals surface area contributed by atoms with Crippen LogP contribution in [-0.4, -0.2) is 76.1 Å². The zero-order valence-electron chi connectivity index (χ0n) is 15.4. The molecule has 0 aromatic carbocycles. The van der Waals surface area contributed by atoms with Gasteiger partial charge in [0, 0.05) is 26.7 Å². The van der Waals surface area contributed by atoms with Crippen molar-refractivity contribution in [3.05, 3.63) is 11.9 Å². The number of rotatable bonds is 7. The van der Waals surface area contributed by atoms with Gasteiger partial charge in [0.05, 0.1) is 31.4 Å². The highest BCUT2D eigenvalue weighted by Crippen LogP contribution is 2.20. The summed E-state index contributed by atoms with van der Waals surface area (Å²) < 4.78 is 6.72. The van der Waals surface area contributed by atoms with E-state index in [9.17, 15) is 9.59 Å². The van der Waals surface area contributed by atoms with Crippen LogP contribution in [0.2, 0.25) is 0 Å². The minimum absolute atomic E-state index is 0.0821. The first-order valence-corrected chi connectivity index (χ1v) is 8.80. The third-order valence-electron chi connectivity index (χ3n) is 4.39. The Morgan fingerprint density at radius 1 is 1.36 bits per heavy atom. The van der Waals surface area contributed by atoms with Crippen molar-refractivity contribution in [3.63, 3.8) is 0 Å². The predicted octanol–water partition coefficient (Wildman–Crippen LogP) is 0.638. The van der Waals surface area contributed by atoms with E-state index in [1.165, 1.54) is 4.90 Å². The summed E-state index contributed by atoms with van der Waals surface area (Å²) in [6, 6.07) is -0.0987. The number of carbonyl (C=O) groups is 2. The number of likely N-dealkylation sites (N-methyl/N-ethyl adjacent to an activating group) is 1. The Morgan fingerprint density at radius 2 is 2.08 bits per heavy atom. The van der Waals surface area contributed by atoms with Crippen molar-refractivity contribution < 1.29 is 14.3 Å². The Hall–Kier alpha value is -2.16. The van der Waals surface area contributed by atoms with Crippen molar-refractivity contribution >= 4 is 12.0 Å². The summed E-state index contributed by atoms with van der Waals surface area (Å²) in [7, 11) is 1.66. The van der Waals surface area contributed by atoms with Gasteiger partial charge in [0.1, 0.15) is 5.69 Å². The molecule has 1 saturated heterocycles. The molecule has 0 spiro atoms. The van der Waals surface area contributed by atoms with Gasteiger partial charge in [0.2, 0.25) is 5.91 Å². The number of ether oxygens (including phenoxy) is 1. The number of hydrogen-bond acceptors (Lipinski definition) is 6. The lowest BCUT2D eigenvalue weighted by atomic mass is 10.1. The first kappa shape index (κ1) is 19.2. The van der Waals surface area contributed by atoms with Crippen LogP contribution in [-0.2, 0) is 16.1 Å². The minimum Gasteiger partial charge on any atom is -0.450 e. The molecule has 1 aromatic heterocycles. The summed E-state index contributed by atoms with van der Waals surface area (Å²) in [6.07, 6.45) is 2.13. The van der Waals surface area contributed by atoms with Gasteiger partial charge >= 0.3 is 6.09 Å². The number of nitrogens with one attached hydrogen (secondary N) is 1. The molecule has 0 aliphatic carbocycles. The first-order valence-electron chi connectivity index (χ1n) is 8.80. The Balaban J connectivity index is 1.92. The molecule has 1 aromatic rings. The summed E-state index contributed by atoms with van der Waals surface area (Å²) >= 11 is 0. The third-order valence-corrected chi connectivity index (χ3v) is 4.39. The molecule has 1 aliphatic rings. The predicted molar refractivity (Wildman–Crippen MR) is 91.9 cm³/mol. The first-order chi connectivity index (χ1) is 12.0. The molecule has 0 bridgehead atoms. The van der Waals surface area contributed by atoms with Gasteiger partial charge < -0.3 is 19.9 Å². The van der Waals surface area contributed by atoms with E-state index in [-0.39, 0.29) is 24.1 Å². The Kier molecular flexibility index (Phi) is 6.74. The van der Waals surface area contributed by atoms with Crippen molar-refractivity contribution in [1.29, 1.82) is 0 Å². The summed E-state index contributed by atoms with van der Waals surface area (Å²) in [5, 5.41) is 11.6. The van der Waals surface area contributed by atoms with Crippen LogP contribution in [0.15, 0.2) is 6.20 Å². The van der Waals surface area contributed by atoms with E-state index in [0.29, 0.717) is 44.9 Å². The highest BCUT2D eigenvalue weighted by atomic mass is 16.5. The molecule has 140 valence electrons. The molecule has 1 aliphatic heterocycles. The minimum atomic E-state index is -0.385. The summed E-state index contributed by atoms with van der Waals surface area (Å²) in [5.74, 6) is 0.134. The van der Waals surface area contributed by atoms with Gasteiger partial charge in [-0.05, 0) is 27.2 Å². The highest BCUT2D eigenvalue weighted by Gasteiger charge is 2.33. The normalized spacial score (nSPS) is 19.7. The van der Waals surface area contributed by atoms with Crippen LogP contribution in [0.25, 0.3) is 0 Å². The monoisotopic (exact) mass is 352 g/mol. The number of carbonyl (C=O) groups excluding carboxylic acids is 2. The smallest absolute Gasteiger partial charge is 0.409 e. The molecule has 2 atom stereocenters. The maximum atomic E-state index is 12.4. The highest BCUT2D eigenvalue weighted by molar-refractivity contribution is 5.82. The van der Waals surface area contributed by atoms with E-state index in [2.05, 4.69) is 15.6 Å². The third kappa shape index (κ3) is 4.68. The van der Waals surface area contributed by atoms with E-state index < -0.39 is 0 Å². The van der Waals surface area contributed by atoms with Gasteiger partial charge in [-0.15, -0.1) is 5.10 Å². The van der Waals surface area contributed by atoms with Crippen molar-refractivity contribution in [3.8, 4) is 0 Å². The molecular formula is C16H28N6O3. The van der Waals surface area contributed by atoms with Gasteiger partial charge in [0.15, 0.2) is 0 Å². The van der Waals surface area contributed by atoms with Crippen LogP contribution in [0.3, 0.4) is 0 Å². The number of amides is 2. The molecule has 25 heavy (non-hydrogen) atoms. The fourth-order valence-electron chi connectivity index (χ4n) is 2.97. The maximum Gasteiger partial charge on any atom is 0.409 e. The fraction of sp³-hybridized carbons (Fsp3) is 0.750. The van der Waals surface area contributed by atoms with E-state index in [0.717, 1.165) is 0 Å². The van der Waals surface area contributed by atoms with Crippen molar-refractivity contribution in [1.82, 2.24) is 30.1 Å². The Bertz CT molecular complexity index is 586. The molecule has 0 unspecified atom stereocenters. The standard InChI is InChI=1S/C16H28N6O3/c1-5-21(6-2)15(23)14-8-13(9-17-14)22-11-12(18-19-22)10-20(4)16(24)25-7-3/h11,13-14,17H,5-10H2,1-4H3/t13-,14+/m1/s1. The lowest BCUT2D eigenvalue weighted by Crippen LogP contribution is -2.43. The van der Waals surface area contributed by atoms with Crippen molar-refractivity contribution in [2.45, 2.75) is 45.8 Å². The van der Waals surface area contributed by atoms with Crippen LogP contribution in [0, 0.1) is 0 Å². The van der Waals surface area contributed by atoms with E-state index in [4.69, 9.17) is 4.74 Å². The zero-order valence-corrected chi connectivity index (χ0v) is 15.4. The number of aromatic nitrogens is 3. The van der Waals surface area contributed by atoms with Crippen LogP contribution < -0.4 is 5.32 Å². The lowest BCUT2D eigenvalue weighted by molar-refractivity contribution is -0.132. The van der Waals surface area contributed by atoms with Gasteiger partial charge in [0.25, 0.3) is 0 Å². The van der Waals surface area contributed by atoms with Gasteiger partial charge in [-0.25, -0.2) is 9.48 Å². The second-order valence-corrected chi connectivity index (χ2v) is 6.11. The van der Waals surface area contributed by atoms with E-state index in [1.807, 2.05) is 24.9 Å². The molecule has 1 fully saturated rings. The summed E-state index contributed by atoms with van der Waals surface area (Å²) in [4.78, 5) is 27.4. The van der Waals surface area contributed by atoms with Gasteiger partial charge in [-0.3, -0.25) is 4.79 Å². The van der Waals surface area contributed by atoms with Gasteiger partial charge in [-0.1, -0.05) is 5.21 Å². The summed E-state index contributed by atoms with van der Waals surface area (Å²) in [5.41, 5.74) is 0.689. The quantitative estimate of drug-likeness (QED) is 0.774. The van der Waals surface area contributed by atoms with Crippen molar-refractivity contribution in [2.24, 2.45) is 0 Å². The number of hydrogen-bond donors (Lipinski definition) is 1. The van der Waals surface area contributed by atoms with E-state index >= 15 is 0 Å². The molecule has 9 nitrogen and oxygen atoms in total. The maximum absolute atomic E-state index is 12.4. The van der Waals surface area contributed by atoms with Crippen LogP contribution in [0.4, 0.5) is 4.79 Å². The Labute approximate surface area is 148 Å². The average Bonchev–Trinajstić information content (AvgIpc) is 3.25. The lowest BCUT2D eigenvalue weighted by Gasteiger charge is -2.22. The topological polar surface area (TPSA) is 92.6 Å². The Morgan fingerprint density at radius 3 is 2.72 bits per heavy atom. The van der Waals surface area contributed by atoms with Crippen LogP contribution in [0.1, 0.15) is 38.9 Å². The van der Waals surface area contributed by atoms with Crippen LogP contribution >= 0.6 is 0 Å². The summed E-state index contributed by atoms with van der Waals surface area (Å²) in [6.45, 7) is 8.51. The molecule has 2 heterocycles. The van der Waals surface area contributed by atoms with E-state index in [1.54, 1.807) is 18.7 Å². The fourth-order valence-corrected chi connectivity index (χ4v) is 2.97. The molecule has 2 rings (SSSR count). The molecule has 9 heteroatoms. The number of nitrogens with zero attached hydrogens (tertiary/aromatic N) is 5. The second kappa shape index (κ2) is 8.80.